The number of hydrogen-bond donors (Lipinski definition) is 0. The summed E-state index contributed by atoms with van der Waals surface area (Å²) in [7, 11) is 1.04. The average Bonchev–Trinajstić information content (AvgIpc) is 2.57. The van der Waals surface area contributed by atoms with Crippen LogP contribution in [0.4, 0.5) is 5.69 Å². The number of nitrogens with zero attached hydrogens (tertiary/aromatic N) is 2. The van der Waals surface area contributed by atoms with E-state index in [1.165, 1.54) is 19.1 Å². The minimum absolute atomic E-state index is 0.0612. The van der Waals surface area contributed by atoms with Crippen molar-refractivity contribution >= 4 is 35.3 Å². The summed E-state index contributed by atoms with van der Waals surface area (Å²) in [6.45, 7) is 1.39. The van der Waals surface area contributed by atoms with Gasteiger partial charge in [0, 0.05) is 21.6 Å². The van der Waals surface area contributed by atoms with Gasteiger partial charge >= 0.3 is 18.0 Å². The molecule has 26 heavy (non-hydrogen) atoms. The van der Waals surface area contributed by atoms with Gasteiger partial charge in [0.2, 0.25) is 0 Å². The molecule has 0 radical (unpaired) electrons. The molecule has 1 aromatic carbocycles. The number of ether oxygens (including phenoxy) is 2. The monoisotopic (exact) mass is 386 g/mol. The third kappa shape index (κ3) is 5.52. The molecule has 0 aromatic heterocycles. The molecule has 11 heteroatoms. The first kappa shape index (κ1) is 21.0. The number of hydrogen-bond acceptors (Lipinski definition) is 8. The second kappa shape index (κ2) is 9.47. The molecule has 1 rings (SSSR count). The average molecular weight is 387 g/mol. The van der Waals surface area contributed by atoms with E-state index >= 15 is 0 Å². The van der Waals surface area contributed by atoms with Crippen molar-refractivity contribution in [3.05, 3.63) is 54.6 Å². The van der Waals surface area contributed by atoms with E-state index in [2.05, 4.69) is 9.47 Å². The van der Waals surface area contributed by atoms with Crippen molar-refractivity contribution in [2.45, 2.75) is 19.4 Å². The Hall–Kier alpha value is -3.01. The van der Waals surface area contributed by atoms with Gasteiger partial charge in [-0.15, -0.1) is 0 Å². The highest BCUT2D eigenvalue weighted by Gasteiger charge is 2.34. The third-order valence-corrected chi connectivity index (χ3v) is 3.43. The number of carbonyl (C=O) groups excluding carboxylic acids is 2. The van der Waals surface area contributed by atoms with Crippen LogP contribution in [-0.2, 0) is 19.1 Å². The lowest BCUT2D eigenvalue weighted by Gasteiger charge is -2.10. The van der Waals surface area contributed by atoms with Crippen molar-refractivity contribution in [3.8, 4) is 0 Å². The highest BCUT2D eigenvalue weighted by Crippen LogP contribution is 2.26. The summed E-state index contributed by atoms with van der Waals surface area (Å²) >= 11 is 5.82. The van der Waals surface area contributed by atoms with E-state index in [0.29, 0.717) is 0 Å². The maximum atomic E-state index is 12.0. The molecule has 10 nitrogen and oxygen atoms in total. The van der Waals surface area contributed by atoms with Crippen LogP contribution >= 0.6 is 11.6 Å². The first-order chi connectivity index (χ1) is 12.2. The summed E-state index contributed by atoms with van der Waals surface area (Å²) in [6, 6.07) is 1.76. The summed E-state index contributed by atoms with van der Waals surface area (Å²) in [5.74, 6) is -2.11. The highest BCUT2D eigenvalue weighted by atomic mass is 35.5. The standard InChI is InChI=1S/C15H15ClN2O8/c1-3-26-15(20)13(18(23)24)8-10(14(19)25-2)6-9-7-11(16)4-5-12(9)17(21)22/h4-7,13H,3,8H2,1-2H3/b10-6+. The van der Waals surface area contributed by atoms with E-state index in [0.717, 1.165) is 19.3 Å². The number of rotatable bonds is 8. The van der Waals surface area contributed by atoms with Crippen molar-refractivity contribution < 1.29 is 28.9 Å². The highest BCUT2D eigenvalue weighted by molar-refractivity contribution is 6.30. The number of carbonyl (C=O) groups is 2. The summed E-state index contributed by atoms with van der Waals surface area (Å²) in [5, 5.41) is 22.4. The zero-order valence-electron chi connectivity index (χ0n) is 13.8. The van der Waals surface area contributed by atoms with Gasteiger partial charge in [-0.1, -0.05) is 11.6 Å². The Morgan fingerprint density at radius 2 is 1.96 bits per heavy atom. The lowest BCUT2D eigenvalue weighted by atomic mass is 10.0. The van der Waals surface area contributed by atoms with Gasteiger partial charge in [0.15, 0.2) is 0 Å². The molecule has 0 heterocycles. The third-order valence-electron chi connectivity index (χ3n) is 3.19. The minimum atomic E-state index is -1.86. The largest absolute Gasteiger partial charge is 0.466 e. The van der Waals surface area contributed by atoms with Crippen LogP contribution in [0, 0.1) is 20.2 Å². The smallest absolute Gasteiger partial charge is 0.382 e. The van der Waals surface area contributed by atoms with E-state index in [1.807, 2.05) is 0 Å². The fourth-order valence-electron chi connectivity index (χ4n) is 2.02. The lowest BCUT2D eigenvalue weighted by molar-refractivity contribution is -0.509. The Morgan fingerprint density at radius 1 is 1.31 bits per heavy atom. The van der Waals surface area contributed by atoms with E-state index in [4.69, 9.17) is 11.6 Å². The zero-order chi connectivity index (χ0) is 19.9. The normalized spacial score (nSPS) is 12.2. The van der Waals surface area contributed by atoms with Crippen LogP contribution in [0.3, 0.4) is 0 Å². The van der Waals surface area contributed by atoms with Crippen LogP contribution in [-0.4, -0.2) is 41.5 Å². The molecular formula is C15H15ClN2O8. The van der Waals surface area contributed by atoms with Gasteiger partial charge < -0.3 is 9.47 Å². The number of nitro benzene ring substituents is 1. The Balaban J connectivity index is 3.38. The molecule has 0 saturated carbocycles. The van der Waals surface area contributed by atoms with Crippen LogP contribution in [0.5, 0.6) is 0 Å². The second-order valence-corrected chi connectivity index (χ2v) is 5.32. The summed E-state index contributed by atoms with van der Waals surface area (Å²) in [4.78, 5) is 44.3. The van der Waals surface area contributed by atoms with Crippen molar-refractivity contribution in [1.82, 2.24) is 0 Å². The molecule has 0 aliphatic carbocycles. The minimum Gasteiger partial charge on any atom is -0.466 e. The van der Waals surface area contributed by atoms with Crippen LogP contribution in [0.25, 0.3) is 6.08 Å². The Kier molecular flexibility index (Phi) is 7.66. The molecule has 0 fully saturated rings. The van der Waals surface area contributed by atoms with Gasteiger partial charge in [-0.25, -0.2) is 9.59 Å². The number of benzene rings is 1. The summed E-state index contributed by atoms with van der Waals surface area (Å²) < 4.78 is 9.17. The molecule has 0 spiro atoms. The van der Waals surface area contributed by atoms with Crippen LogP contribution < -0.4 is 0 Å². The van der Waals surface area contributed by atoms with Crippen molar-refractivity contribution in [3.63, 3.8) is 0 Å². The van der Waals surface area contributed by atoms with E-state index in [-0.39, 0.29) is 28.5 Å². The fraction of sp³-hybridized carbons (Fsp3) is 0.333. The first-order valence-corrected chi connectivity index (χ1v) is 7.62. The summed E-state index contributed by atoms with van der Waals surface area (Å²) in [5.41, 5.74) is -0.744. The van der Waals surface area contributed by atoms with Crippen LogP contribution in [0.1, 0.15) is 18.9 Å². The van der Waals surface area contributed by atoms with Gasteiger partial charge in [-0.3, -0.25) is 20.2 Å². The molecule has 140 valence electrons. The fourth-order valence-corrected chi connectivity index (χ4v) is 2.20. The molecule has 1 unspecified atom stereocenters. The molecule has 1 aromatic rings. The molecule has 0 saturated heterocycles. The van der Waals surface area contributed by atoms with Gasteiger partial charge in [0.05, 0.1) is 30.6 Å². The van der Waals surface area contributed by atoms with Crippen LogP contribution in [0.2, 0.25) is 5.02 Å². The predicted molar refractivity (Wildman–Crippen MR) is 90.1 cm³/mol. The molecule has 0 aliphatic heterocycles. The quantitative estimate of drug-likeness (QED) is 0.287. The van der Waals surface area contributed by atoms with Gasteiger partial charge in [0.25, 0.3) is 5.69 Å². The lowest BCUT2D eigenvalue weighted by Crippen LogP contribution is -2.33. The molecule has 0 N–H and O–H groups in total. The summed E-state index contributed by atoms with van der Waals surface area (Å²) in [6.07, 6.45) is 0.369. The van der Waals surface area contributed by atoms with E-state index in [9.17, 15) is 29.8 Å². The SMILES string of the molecule is CCOC(=O)C(C/C(=C\c1cc(Cl)ccc1[N+](=O)[O-])C(=O)OC)[N+](=O)[O-]. The first-order valence-electron chi connectivity index (χ1n) is 7.24. The molecule has 1 atom stereocenters. The van der Waals surface area contributed by atoms with E-state index in [1.54, 1.807) is 0 Å². The van der Waals surface area contributed by atoms with E-state index < -0.39 is 34.2 Å². The Morgan fingerprint density at radius 3 is 2.46 bits per heavy atom. The number of halogens is 1. The van der Waals surface area contributed by atoms with Gasteiger partial charge in [-0.2, -0.15) is 0 Å². The number of methoxy groups -OCH3 is 1. The maximum absolute atomic E-state index is 12.0. The van der Waals surface area contributed by atoms with Crippen LogP contribution in [0.15, 0.2) is 23.8 Å². The Labute approximate surface area is 152 Å². The van der Waals surface area contributed by atoms with Crippen molar-refractivity contribution in [2.24, 2.45) is 0 Å². The zero-order valence-corrected chi connectivity index (χ0v) is 14.6. The predicted octanol–water partition coefficient (Wildman–Crippen LogP) is 2.40. The molecule has 0 aliphatic rings. The number of esters is 2. The van der Waals surface area contributed by atoms with Gasteiger partial charge in [0.1, 0.15) is 0 Å². The number of nitro groups is 2. The van der Waals surface area contributed by atoms with Crippen molar-refractivity contribution in [2.75, 3.05) is 13.7 Å². The molecular weight excluding hydrogens is 372 g/mol. The topological polar surface area (TPSA) is 139 Å². The molecule has 0 amide bonds. The van der Waals surface area contributed by atoms with Gasteiger partial charge in [-0.05, 0) is 25.1 Å². The molecule has 0 bridgehead atoms. The second-order valence-electron chi connectivity index (χ2n) is 4.88. The maximum Gasteiger partial charge on any atom is 0.382 e. The van der Waals surface area contributed by atoms with Crippen molar-refractivity contribution in [1.29, 1.82) is 0 Å². The Bertz CT molecular complexity index is 762.